The van der Waals surface area contributed by atoms with Gasteiger partial charge in [0.25, 0.3) is 0 Å². The van der Waals surface area contributed by atoms with Crippen LogP contribution in [0, 0.1) is 0 Å². The second kappa shape index (κ2) is 9.11. The normalized spacial score (nSPS) is 11.0. The third kappa shape index (κ3) is 5.73. The minimum Gasteiger partial charge on any atom is -0.461 e. The Morgan fingerprint density at radius 2 is 1.71 bits per heavy atom. The van der Waals surface area contributed by atoms with Crippen LogP contribution in [0.4, 0.5) is 9.93 Å². The fraction of sp³-hybridized carbons (Fsp3) is 0.471. The quantitative estimate of drug-likeness (QED) is 0.544. The molecule has 28 heavy (non-hydrogen) atoms. The van der Waals surface area contributed by atoms with Crippen LogP contribution in [0.3, 0.4) is 0 Å². The SMILES string of the molecule is CCOC(=O)c1nc(C(=O)OCC)c(-c2csc(NC(=O)OC(C)(C)C)n2)s1. The van der Waals surface area contributed by atoms with E-state index in [0.717, 1.165) is 22.7 Å². The molecular formula is C17H21N3O6S2. The topological polar surface area (TPSA) is 117 Å². The number of hydrogen-bond acceptors (Lipinski definition) is 10. The number of nitrogens with zero attached hydrogens (tertiary/aromatic N) is 2. The predicted octanol–water partition coefficient (Wildman–Crippen LogP) is 3.97. The molecule has 0 bridgehead atoms. The number of nitrogens with one attached hydrogen (secondary N) is 1. The minimum atomic E-state index is -0.668. The summed E-state index contributed by atoms with van der Waals surface area (Å²) >= 11 is 2.12. The maximum absolute atomic E-state index is 12.2. The van der Waals surface area contributed by atoms with Crippen LogP contribution < -0.4 is 5.32 Å². The summed E-state index contributed by atoms with van der Waals surface area (Å²) in [6.07, 6.45) is -0.643. The largest absolute Gasteiger partial charge is 0.461 e. The van der Waals surface area contributed by atoms with Crippen LogP contribution in [0.5, 0.6) is 0 Å². The Labute approximate surface area is 170 Å². The van der Waals surface area contributed by atoms with E-state index in [2.05, 4.69) is 15.3 Å². The van der Waals surface area contributed by atoms with E-state index in [9.17, 15) is 14.4 Å². The fourth-order valence-corrected chi connectivity index (χ4v) is 3.61. The lowest BCUT2D eigenvalue weighted by Gasteiger charge is -2.18. The monoisotopic (exact) mass is 427 g/mol. The molecule has 11 heteroatoms. The highest BCUT2D eigenvalue weighted by Gasteiger charge is 2.26. The first-order chi connectivity index (χ1) is 13.1. The zero-order valence-electron chi connectivity index (χ0n) is 16.2. The molecule has 0 saturated carbocycles. The van der Waals surface area contributed by atoms with E-state index in [1.54, 1.807) is 40.0 Å². The van der Waals surface area contributed by atoms with Gasteiger partial charge in [-0.05, 0) is 34.6 Å². The summed E-state index contributed by atoms with van der Waals surface area (Å²) in [5.74, 6) is -1.30. The molecule has 2 aromatic rings. The van der Waals surface area contributed by atoms with Crippen molar-refractivity contribution in [1.29, 1.82) is 0 Å². The molecule has 2 heterocycles. The van der Waals surface area contributed by atoms with Crippen molar-refractivity contribution < 1.29 is 28.6 Å². The molecule has 0 aliphatic rings. The second-order valence-electron chi connectivity index (χ2n) is 6.30. The van der Waals surface area contributed by atoms with Crippen molar-refractivity contribution in [3.8, 4) is 10.6 Å². The van der Waals surface area contributed by atoms with Crippen molar-refractivity contribution in [1.82, 2.24) is 9.97 Å². The first-order valence-corrected chi connectivity index (χ1v) is 10.1. The first-order valence-electron chi connectivity index (χ1n) is 8.45. The van der Waals surface area contributed by atoms with Crippen LogP contribution in [0.1, 0.15) is 54.9 Å². The van der Waals surface area contributed by atoms with Gasteiger partial charge in [0.05, 0.1) is 23.8 Å². The van der Waals surface area contributed by atoms with E-state index < -0.39 is 23.6 Å². The van der Waals surface area contributed by atoms with Gasteiger partial charge in [-0.15, -0.1) is 22.7 Å². The van der Waals surface area contributed by atoms with E-state index in [1.807, 2.05) is 0 Å². The number of hydrogen-bond donors (Lipinski definition) is 1. The van der Waals surface area contributed by atoms with Crippen LogP contribution in [-0.4, -0.2) is 46.8 Å². The molecule has 0 saturated heterocycles. The Kier molecular flexibility index (Phi) is 7.08. The van der Waals surface area contributed by atoms with E-state index in [-0.39, 0.29) is 29.0 Å². The average molecular weight is 428 g/mol. The van der Waals surface area contributed by atoms with Crippen LogP contribution in [0.2, 0.25) is 0 Å². The van der Waals surface area contributed by atoms with Gasteiger partial charge in [-0.2, -0.15) is 0 Å². The number of aromatic nitrogens is 2. The maximum Gasteiger partial charge on any atom is 0.413 e. The minimum absolute atomic E-state index is 0.0227. The molecule has 0 spiro atoms. The molecule has 0 radical (unpaired) electrons. The van der Waals surface area contributed by atoms with Crippen molar-refractivity contribution in [2.45, 2.75) is 40.2 Å². The molecule has 2 aromatic heterocycles. The number of amides is 1. The number of anilines is 1. The summed E-state index contributed by atoms with van der Waals surface area (Å²) in [5, 5.41) is 4.48. The molecular weight excluding hydrogens is 406 g/mol. The molecule has 0 fully saturated rings. The van der Waals surface area contributed by atoms with Crippen molar-refractivity contribution in [3.05, 3.63) is 16.1 Å². The second-order valence-corrected chi connectivity index (χ2v) is 8.16. The number of rotatable bonds is 6. The molecule has 0 unspecified atom stereocenters. The Hall–Kier alpha value is -2.53. The van der Waals surface area contributed by atoms with Gasteiger partial charge in [0.1, 0.15) is 5.60 Å². The van der Waals surface area contributed by atoms with Crippen LogP contribution in [0.15, 0.2) is 5.38 Å². The van der Waals surface area contributed by atoms with Crippen LogP contribution in [0.25, 0.3) is 10.6 Å². The number of ether oxygens (including phenoxy) is 3. The summed E-state index contributed by atoms with van der Waals surface area (Å²) in [6, 6.07) is 0. The van der Waals surface area contributed by atoms with Crippen molar-refractivity contribution in [2.24, 2.45) is 0 Å². The standard InChI is InChI=1S/C17H21N3O6S2/c1-6-24-13(21)10-11(28-12(19-10)14(22)25-7-2)9-8-27-15(18-9)20-16(23)26-17(3,4)5/h8H,6-7H2,1-5H3,(H,18,20,23). The summed E-state index contributed by atoms with van der Waals surface area (Å²) in [6.45, 7) is 8.94. The Morgan fingerprint density at radius 1 is 1.07 bits per heavy atom. The lowest BCUT2D eigenvalue weighted by molar-refractivity contribution is 0.0516. The lowest BCUT2D eigenvalue weighted by atomic mass is 10.2. The Bertz CT molecular complexity index is 869. The average Bonchev–Trinajstić information content (AvgIpc) is 3.20. The molecule has 9 nitrogen and oxygen atoms in total. The summed E-state index contributed by atoms with van der Waals surface area (Å²) in [7, 11) is 0. The molecule has 1 amide bonds. The van der Waals surface area contributed by atoms with Gasteiger partial charge in [-0.1, -0.05) is 0 Å². The van der Waals surface area contributed by atoms with Gasteiger partial charge in [0, 0.05) is 5.38 Å². The highest BCUT2D eigenvalue weighted by Crippen LogP contribution is 2.33. The highest BCUT2D eigenvalue weighted by molar-refractivity contribution is 7.18. The number of esters is 2. The van der Waals surface area contributed by atoms with Gasteiger partial charge in [-0.25, -0.2) is 24.4 Å². The van der Waals surface area contributed by atoms with E-state index in [0.29, 0.717) is 10.6 Å². The van der Waals surface area contributed by atoms with Gasteiger partial charge in [0.2, 0.25) is 5.01 Å². The number of thiazole rings is 2. The maximum atomic E-state index is 12.2. The van der Waals surface area contributed by atoms with Crippen LogP contribution >= 0.6 is 22.7 Å². The molecule has 1 N–H and O–H groups in total. The number of carbonyl (C=O) groups excluding carboxylic acids is 3. The molecule has 0 atom stereocenters. The molecule has 2 rings (SSSR count). The van der Waals surface area contributed by atoms with E-state index >= 15 is 0 Å². The highest BCUT2D eigenvalue weighted by atomic mass is 32.1. The summed E-state index contributed by atoms with van der Waals surface area (Å²) in [4.78, 5) is 44.8. The third-order valence-corrected chi connectivity index (χ3v) is 4.71. The van der Waals surface area contributed by atoms with E-state index in [4.69, 9.17) is 14.2 Å². The zero-order valence-corrected chi connectivity index (χ0v) is 17.8. The summed E-state index contributed by atoms with van der Waals surface area (Å²) in [5.41, 5.74) is -0.288. The molecule has 0 aromatic carbocycles. The Balaban J connectivity index is 2.30. The first kappa shape index (κ1) is 21.8. The van der Waals surface area contributed by atoms with Gasteiger partial charge in [-0.3, -0.25) is 5.32 Å². The van der Waals surface area contributed by atoms with Gasteiger partial charge >= 0.3 is 18.0 Å². The lowest BCUT2D eigenvalue weighted by Crippen LogP contribution is -2.27. The van der Waals surface area contributed by atoms with Crippen LogP contribution in [-0.2, 0) is 14.2 Å². The zero-order chi connectivity index (χ0) is 20.9. The van der Waals surface area contributed by atoms with E-state index in [1.165, 1.54) is 0 Å². The van der Waals surface area contributed by atoms with Gasteiger partial charge in [0.15, 0.2) is 10.8 Å². The van der Waals surface area contributed by atoms with Crippen molar-refractivity contribution in [3.63, 3.8) is 0 Å². The Morgan fingerprint density at radius 3 is 2.32 bits per heavy atom. The molecule has 152 valence electrons. The third-order valence-electron chi connectivity index (χ3n) is 2.89. The number of carbonyl (C=O) groups is 3. The molecule has 0 aliphatic heterocycles. The summed E-state index contributed by atoms with van der Waals surface area (Å²) < 4.78 is 15.1. The molecule has 0 aliphatic carbocycles. The smallest absolute Gasteiger partial charge is 0.413 e. The predicted molar refractivity (Wildman–Crippen MR) is 105 cm³/mol. The van der Waals surface area contributed by atoms with Gasteiger partial charge < -0.3 is 14.2 Å². The van der Waals surface area contributed by atoms with Crippen molar-refractivity contribution in [2.75, 3.05) is 18.5 Å². The fourth-order valence-electron chi connectivity index (χ4n) is 1.94. The van der Waals surface area contributed by atoms with Crippen molar-refractivity contribution >= 4 is 45.8 Å².